The molecule has 4 N–H and O–H groups in total. The van der Waals surface area contributed by atoms with Gasteiger partial charge < -0.3 is 29.5 Å². The van der Waals surface area contributed by atoms with E-state index in [4.69, 9.17) is 30.6 Å². The molecular formula is C11H24N2O6. The molecule has 0 atom stereocenters. The zero-order valence-corrected chi connectivity index (χ0v) is 11.2. The summed E-state index contributed by atoms with van der Waals surface area (Å²) in [6.07, 6.45) is 0.234. The van der Waals surface area contributed by atoms with Gasteiger partial charge in [0, 0.05) is 6.42 Å². The maximum Gasteiger partial charge on any atom is 0.219 e. The first kappa shape index (κ1) is 18.2. The number of nitrogens with two attached hydrogens (primary N) is 2. The van der Waals surface area contributed by atoms with Gasteiger partial charge in [0.25, 0.3) is 0 Å². The summed E-state index contributed by atoms with van der Waals surface area (Å²) in [5.74, 6) is 4.46. The van der Waals surface area contributed by atoms with Crippen molar-refractivity contribution in [2.45, 2.75) is 6.42 Å². The Bertz CT molecular complexity index is 206. The first-order valence-electron chi connectivity index (χ1n) is 6.18. The van der Waals surface area contributed by atoms with Crippen LogP contribution in [0.1, 0.15) is 6.42 Å². The van der Waals surface area contributed by atoms with E-state index in [0.29, 0.717) is 59.5 Å². The molecule has 0 heterocycles. The highest BCUT2D eigenvalue weighted by Crippen LogP contribution is 1.84. The van der Waals surface area contributed by atoms with Crippen molar-refractivity contribution in [3.05, 3.63) is 0 Å². The van der Waals surface area contributed by atoms with Crippen molar-refractivity contribution in [1.29, 1.82) is 0 Å². The highest BCUT2D eigenvalue weighted by molar-refractivity contribution is 5.73. The van der Waals surface area contributed by atoms with E-state index in [2.05, 4.69) is 4.84 Å². The second-order valence-electron chi connectivity index (χ2n) is 3.54. The lowest BCUT2D eigenvalue weighted by atomic mass is 10.4. The monoisotopic (exact) mass is 280 g/mol. The fourth-order valence-corrected chi connectivity index (χ4v) is 1.04. The Morgan fingerprint density at radius 2 is 1.05 bits per heavy atom. The summed E-state index contributed by atoms with van der Waals surface area (Å²) in [4.78, 5) is 14.7. The van der Waals surface area contributed by atoms with Gasteiger partial charge in [-0.1, -0.05) is 0 Å². The number of primary amides is 1. The lowest BCUT2D eigenvalue weighted by Gasteiger charge is -2.07. The van der Waals surface area contributed by atoms with E-state index in [1.807, 2.05) is 0 Å². The standard InChI is InChI=1S/C11H24N2O6/c12-11(14)1-2-15-3-4-16-5-6-17-7-8-18-9-10-19-13/h1-10,13H2,(H2,12,14). The Hall–Kier alpha value is -0.770. The molecule has 0 radical (unpaired) electrons. The minimum absolute atomic E-state index is 0.234. The van der Waals surface area contributed by atoms with Gasteiger partial charge in [0.15, 0.2) is 0 Å². The molecule has 0 rings (SSSR count). The molecule has 0 aliphatic heterocycles. The predicted octanol–water partition coefficient (Wildman–Crippen LogP) is -1.18. The quantitative estimate of drug-likeness (QED) is 0.286. The van der Waals surface area contributed by atoms with Gasteiger partial charge in [-0.15, -0.1) is 0 Å². The summed E-state index contributed by atoms with van der Waals surface area (Å²) in [5.41, 5.74) is 4.95. The van der Waals surface area contributed by atoms with Gasteiger partial charge in [0.1, 0.15) is 0 Å². The van der Waals surface area contributed by atoms with Gasteiger partial charge in [-0.25, -0.2) is 5.90 Å². The van der Waals surface area contributed by atoms with Gasteiger partial charge in [-0.2, -0.15) is 0 Å². The van der Waals surface area contributed by atoms with Gasteiger partial charge in [0.05, 0.1) is 59.5 Å². The highest BCUT2D eigenvalue weighted by atomic mass is 16.6. The van der Waals surface area contributed by atoms with Crippen molar-refractivity contribution in [3.8, 4) is 0 Å². The third kappa shape index (κ3) is 17.2. The van der Waals surface area contributed by atoms with Crippen LogP contribution in [0, 0.1) is 0 Å². The van der Waals surface area contributed by atoms with Crippen LogP contribution in [-0.2, 0) is 28.6 Å². The third-order valence-electron chi connectivity index (χ3n) is 1.95. The largest absolute Gasteiger partial charge is 0.379 e. The molecule has 0 aromatic heterocycles. The molecule has 0 aromatic rings. The summed E-state index contributed by atoms with van der Waals surface area (Å²) in [5, 5.41) is 0. The Labute approximate surface area is 113 Å². The Morgan fingerprint density at radius 1 is 0.684 bits per heavy atom. The van der Waals surface area contributed by atoms with Crippen LogP contribution in [-0.4, -0.2) is 65.4 Å². The fourth-order valence-electron chi connectivity index (χ4n) is 1.04. The van der Waals surface area contributed by atoms with Crippen LogP contribution in [0.25, 0.3) is 0 Å². The highest BCUT2D eigenvalue weighted by Gasteiger charge is 1.95. The second kappa shape index (κ2) is 15.3. The fraction of sp³-hybridized carbons (Fsp3) is 0.909. The van der Waals surface area contributed by atoms with E-state index < -0.39 is 0 Å². The van der Waals surface area contributed by atoms with E-state index in [-0.39, 0.29) is 12.3 Å². The molecule has 1 amide bonds. The molecule has 0 fully saturated rings. The van der Waals surface area contributed by atoms with Gasteiger partial charge in [-0.3, -0.25) is 4.79 Å². The van der Waals surface area contributed by atoms with E-state index >= 15 is 0 Å². The zero-order valence-electron chi connectivity index (χ0n) is 11.2. The number of rotatable bonds is 15. The van der Waals surface area contributed by atoms with Crippen LogP contribution in [0.15, 0.2) is 0 Å². The number of carbonyl (C=O) groups is 1. The van der Waals surface area contributed by atoms with Crippen molar-refractivity contribution >= 4 is 5.91 Å². The summed E-state index contributed by atoms with van der Waals surface area (Å²) in [7, 11) is 0. The van der Waals surface area contributed by atoms with Crippen LogP contribution in [0.4, 0.5) is 0 Å². The summed E-state index contributed by atoms with van der Waals surface area (Å²) < 4.78 is 20.7. The molecule has 0 saturated carbocycles. The van der Waals surface area contributed by atoms with Crippen LogP contribution in [0.2, 0.25) is 0 Å². The molecular weight excluding hydrogens is 256 g/mol. The molecule has 0 unspecified atom stereocenters. The van der Waals surface area contributed by atoms with Gasteiger partial charge >= 0.3 is 0 Å². The van der Waals surface area contributed by atoms with Gasteiger partial charge in [-0.05, 0) is 0 Å². The number of hydrogen-bond donors (Lipinski definition) is 2. The van der Waals surface area contributed by atoms with E-state index in [1.165, 1.54) is 0 Å². The van der Waals surface area contributed by atoms with Crippen LogP contribution in [0.3, 0.4) is 0 Å². The smallest absolute Gasteiger partial charge is 0.219 e. The molecule has 0 bridgehead atoms. The number of carbonyl (C=O) groups excluding carboxylic acids is 1. The van der Waals surface area contributed by atoms with Crippen LogP contribution < -0.4 is 11.6 Å². The Balaban J connectivity index is 2.93. The topological polar surface area (TPSA) is 115 Å². The molecule has 8 nitrogen and oxygen atoms in total. The molecule has 0 aliphatic rings. The summed E-state index contributed by atoms with van der Waals surface area (Å²) in [6, 6.07) is 0. The van der Waals surface area contributed by atoms with Crippen molar-refractivity contribution < 1.29 is 28.6 Å². The van der Waals surface area contributed by atoms with Crippen LogP contribution >= 0.6 is 0 Å². The zero-order chi connectivity index (χ0) is 14.2. The lowest BCUT2D eigenvalue weighted by molar-refractivity contribution is -0.119. The molecule has 0 aliphatic carbocycles. The van der Waals surface area contributed by atoms with Crippen molar-refractivity contribution in [2.75, 3.05) is 59.5 Å². The first-order valence-corrected chi connectivity index (χ1v) is 6.18. The number of amides is 1. The minimum Gasteiger partial charge on any atom is -0.379 e. The first-order chi connectivity index (χ1) is 9.27. The summed E-state index contributed by atoms with van der Waals surface area (Å²) in [6.45, 7) is 4.06. The van der Waals surface area contributed by atoms with Crippen molar-refractivity contribution in [3.63, 3.8) is 0 Å². The SMILES string of the molecule is NOCCOCCOCCOCCOCCC(N)=O. The molecule has 0 aromatic carbocycles. The minimum atomic E-state index is -0.366. The average Bonchev–Trinajstić information content (AvgIpc) is 2.39. The average molecular weight is 280 g/mol. The van der Waals surface area contributed by atoms with Crippen LogP contribution in [0.5, 0.6) is 0 Å². The van der Waals surface area contributed by atoms with E-state index in [9.17, 15) is 4.79 Å². The molecule has 19 heavy (non-hydrogen) atoms. The van der Waals surface area contributed by atoms with E-state index in [0.717, 1.165) is 0 Å². The maximum atomic E-state index is 10.4. The number of ether oxygens (including phenoxy) is 4. The number of hydrogen-bond acceptors (Lipinski definition) is 7. The normalized spacial score (nSPS) is 10.8. The molecule has 114 valence electrons. The summed E-state index contributed by atoms with van der Waals surface area (Å²) >= 11 is 0. The third-order valence-corrected chi connectivity index (χ3v) is 1.95. The van der Waals surface area contributed by atoms with Crippen molar-refractivity contribution in [2.24, 2.45) is 11.6 Å². The Morgan fingerprint density at radius 3 is 1.42 bits per heavy atom. The maximum absolute atomic E-state index is 10.4. The second-order valence-corrected chi connectivity index (χ2v) is 3.54. The lowest BCUT2D eigenvalue weighted by Crippen LogP contribution is -2.16. The predicted molar refractivity (Wildman–Crippen MR) is 67.2 cm³/mol. The Kier molecular flexibility index (Phi) is 14.7. The van der Waals surface area contributed by atoms with Crippen molar-refractivity contribution in [1.82, 2.24) is 0 Å². The molecule has 8 heteroatoms. The molecule has 0 saturated heterocycles. The van der Waals surface area contributed by atoms with Gasteiger partial charge in [0.2, 0.25) is 5.91 Å². The molecule has 0 spiro atoms. The van der Waals surface area contributed by atoms with E-state index in [1.54, 1.807) is 0 Å².